The van der Waals surface area contributed by atoms with Gasteiger partial charge >= 0.3 is 6.03 Å². The maximum Gasteiger partial charge on any atom is 0.315 e. The second-order valence-electron chi connectivity index (χ2n) is 8.19. The summed E-state index contributed by atoms with van der Waals surface area (Å²) >= 11 is 0. The minimum Gasteiger partial charge on any atom is -0.338 e. The van der Waals surface area contributed by atoms with Crippen molar-refractivity contribution in [3.63, 3.8) is 0 Å². The van der Waals surface area contributed by atoms with E-state index in [1.807, 2.05) is 54.6 Å². The van der Waals surface area contributed by atoms with Gasteiger partial charge in [0.1, 0.15) is 0 Å². The number of hydrogen-bond acceptors (Lipinski definition) is 3. The van der Waals surface area contributed by atoms with Gasteiger partial charge in [-0.15, -0.1) is 0 Å². The van der Waals surface area contributed by atoms with Crippen LogP contribution in [0.15, 0.2) is 71.5 Å². The van der Waals surface area contributed by atoms with Crippen molar-refractivity contribution in [2.75, 3.05) is 26.2 Å². The van der Waals surface area contributed by atoms with Crippen LogP contribution < -0.4 is 16.2 Å². The molecular weight excluding hydrogens is 388 g/mol. The maximum atomic E-state index is 12.6. The number of aryl methyl sites for hydroxylation is 1. The van der Waals surface area contributed by atoms with Gasteiger partial charge in [-0.05, 0) is 53.6 Å². The van der Waals surface area contributed by atoms with Gasteiger partial charge in [-0.3, -0.25) is 9.69 Å². The van der Waals surface area contributed by atoms with Gasteiger partial charge < -0.3 is 15.6 Å². The molecule has 6 heteroatoms. The number of aromatic nitrogens is 1. The lowest BCUT2D eigenvalue weighted by molar-refractivity contribution is 0.232. The van der Waals surface area contributed by atoms with Crippen molar-refractivity contribution >= 4 is 16.9 Å². The van der Waals surface area contributed by atoms with Gasteiger partial charge in [-0.25, -0.2) is 4.79 Å². The fourth-order valence-electron chi connectivity index (χ4n) is 3.95. The predicted octanol–water partition coefficient (Wildman–Crippen LogP) is 3.49. The molecule has 0 saturated carbocycles. The van der Waals surface area contributed by atoms with Crippen LogP contribution in [0.3, 0.4) is 0 Å². The summed E-state index contributed by atoms with van der Waals surface area (Å²) in [5.41, 5.74) is 4.59. The normalized spacial score (nSPS) is 14.8. The second-order valence-corrected chi connectivity index (χ2v) is 8.19. The molecule has 1 aliphatic heterocycles. The Balaban J connectivity index is 1.48. The van der Waals surface area contributed by atoms with Gasteiger partial charge in [-0.1, -0.05) is 43.0 Å². The van der Waals surface area contributed by atoms with Crippen molar-refractivity contribution in [1.82, 2.24) is 20.5 Å². The van der Waals surface area contributed by atoms with Crippen LogP contribution in [-0.4, -0.2) is 42.1 Å². The van der Waals surface area contributed by atoms with Gasteiger partial charge in [0.25, 0.3) is 5.56 Å². The number of fused-ring (bicyclic) bond motifs is 1. The Labute approximate surface area is 182 Å². The van der Waals surface area contributed by atoms with Gasteiger partial charge in [0, 0.05) is 37.3 Å². The second kappa shape index (κ2) is 9.18. The molecule has 1 aliphatic rings. The van der Waals surface area contributed by atoms with E-state index in [0.717, 1.165) is 48.1 Å². The highest BCUT2D eigenvalue weighted by Crippen LogP contribution is 2.25. The number of urea groups is 1. The van der Waals surface area contributed by atoms with Gasteiger partial charge in [0.2, 0.25) is 0 Å². The van der Waals surface area contributed by atoms with Gasteiger partial charge in [0.15, 0.2) is 0 Å². The molecule has 31 heavy (non-hydrogen) atoms. The molecule has 160 valence electrons. The number of nitrogens with zero attached hydrogens (tertiary/aromatic N) is 1. The topological polar surface area (TPSA) is 77.2 Å². The van der Waals surface area contributed by atoms with E-state index in [1.165, 1.54) is 5.57 Å². The number of rotatable bonds is 7. The molecule has 0 aliphatic carbocycles. The molecule has 2 aromatic carbocycles. The lowest BCUT2D eigenvalue weighted by Gasteiger charge is -2.33. The fourth-order valence-corrected chi connectivity index (χ4v) is 3.95. The Kier molecular flexibility index (Phi) is 6.18. The van der Waals surface area contributed by atoms with Crippen molar-refractivity contribution in [2.45, 2.75) is 19.4 Å². The molecule has 1 aromatic heterocycles. The summed E-state index contributed by atoms with van der Waals surface area (Å²) in [5.74, 6) is 0. The van der Waals surface area contributed by atoms with E-state index in [9.17, 15) is 9.59 Å². The minimum atomic E-state index is -0.295. The van der Waals surface area contributed by atoms with E-state index in [0.29, 0.717) is 12.1 Å². The number of carbonyl (C=O) groups excluding carboxylic acids is 1. The summed E-state index contributed by atoms with van der Waals surface area (Å²) in [7, 11) is 0. The molecule has 1 atom stereocenters. The van der Waals surface area contributed by atoms with Crippen LogP contribution in [0.2, 0.25) is 0 Å². The van der Waals surface area contributed by atoms with Crippen LogP contribution in [0.1, 0.15) is 29.2 Å². The lowest BCUT2D eigenvalue weighted by atomic mass is 9.97. The van der Waals surface area contributed by atoms with Crippen LogP contribution >= 0.6 is 0 Å². The van der Waals surface area contributed by atoms with Crippen LogP contribution in [0.25, 0.3) is 10.9 Å². The first-order chi connectivity index (χ1) is 15.0. The van der Waals surface area contributed by atoms with E-state index in [2.05, 4.69) is 27.1 Å². The molecule has 2 heterocycles. The number of benzene rings is 2. The van der Waals surface area contributed by atoms with Crippen LogP contribution in [0, 0.1) is 6.92 Å². The third-order valence-corrected chi connectivity index (χ3v) is 5.63. The Hall–Kier alpha value is -3.38. The average molecular weight is 417 g/mol. The summed E-state index contributed by atoms with van der Waals surface area (Å²) < 4.78 is 0. The molecule has 6 nitrogen and oxygen atoms in total. The summed E-state index contributed by atoms with van der Waals surface area (Å²) in [6, 6.07) is 17.1. The zero-order valence-corrected chi connectivity index (χ0v) is 17.8. The van der Waals surface area contributed by atoms with Crippen molar-refractivity contribution in [2.24, 2.45) is 0 Å². The standard InChI is InChI=1S/C25H28N4O2/c1-17-15-29(16-17)12-6-11-26-25(31)28-23(19-7-4-3-5-8-19)20-9-10-22-21(14-20)13-18(2)24(30)27-22/h3-5,7-10,13-14,23H,1,6,11-12,15-16H2,2H3,(H,27,30)(H2,26,28,31). The molecule has 1 unspecified atom stereocenters. The molecule has 0 radical (unpaired) electrons. The Morgan fingerprint density at radius 1 is 1.13 bits per heavy atom. The lowest BCUT2D eigenvalue weighted by Crippen LogP contribution is -2.42. The first-order valence-electron chi connectivity index (χ1n) is 10.6. The third kappa shape index (κ3) is 5.03. The maximum absolute atomic E-state index is 12.6. The van der Waals surface area contributed by atoms with Crippen LogP contribution in [0.4, 0.5) is 4.79 Å². The SMILES string of the molecule is C=C1CN(CCCNC(=O)NC(c2ccccc2)c2ccc3[nH]c(=O)c(C)cc3c2)C1. The molecule has 4 rings (SSSR count). The quantitative estimate of drug-likeness (QED) is 0.408. The Morgan fingerprint density at radius 2 is 1.90 bits per heavy atom. The molecule has 1 fully saturated rings. The average Bonchev–Trinajstić information content (AvgIpc) is 2.75. The first kappa shape index (κ1) is 20.9. The number of aromatic amines is 1. The number of likely N-dealkylation sites (tertiary alicyclic amines) is 1. The van der Waals surface area contributed by atoms with Crippen LogP contribution in [0.5, 0.6) is 0 Å². The highest BCUT2D eigenvalue weighted by Gasteiger charge is 2.19. The number of hydrogen-bond donors (Lipinski definition) is 3. The minimum absolute atomic E-state index is 0.0834. The number of amides is 2. The fraction of sp³-hybridized carbons (Fsp3) is 0.280. The molecule has 3 aromatic rings. The Morgan fingerprint density at radius 3 is 2.65 bits per heavy atom. The largest absolute Gasteiger partial charge is 0.338 e. The van der Waals surface area contributed by atoms with E-state index < -0.39 is 0 Å². The van der Waals surface area contributed by atoms with Gasteiger partial charge in [-0.2, -0.15) is 0 Å². The number of nitrogens with one attached hydrogen (secondary N) is 3. The van der Waals surface area contributed by atoms with Crippen molar-refractivity contribution in [1.29, 1.82) is 0 Å². The van der Waals surface area contributed by atoms with Crippen LogP contribution in [-0.2, 0) is 0 Å². The molecule has 2 amide bonds. The number of H-pyrrole nitrogens is 1. The predicted molar refractivity (Wildman–Crippen MR) is 124 cm³/mol. The highest BCUT2D eigenvalue weighted by atomic mass is 16.2. The summed E-state index contributed by atoms with van der Waals surface area (Å²) in [4.78, 5) is 29.8. The van der Waals surface area contributed by atoms with Crippen molar-refractivity contribution in [3.05, 3.63) is 93.8 Å². The van der Waals surface area contributed by atoms with E-state index in [4.69, 9.17) is 0 Å². The summed E-state index contributed by atoms with van der Waals surface area (Å²) in [6.45, 7) is 9.26. The highest BCUT2D eigenvalue weighted by molar-refractivity contribution is 5.80. The molecule has 1 saturated heterocycles. The summed E-state index contributed by atoms with van der Waals surface area (Å²) in [6.07, 6.45) is 0.902. The van der Waals surface area contributed by atoms with E-state index >= 15 is 0 Å². The summed E-state index contributed by atoms with van der Waals surface area (Å²) in [5, 5.41) is 7.03. The third-order valence-electron chi connectivity index (χ3n) is 5.63. The first-order valence-corrected chi connectivity index (χ1v) is 10.6. The molecule has 3 N–H and O–H groups in total. The molecular formula is C25H28N4O2. The van der Waals surface area contributed by atoms with Gasteiger partial charge in [0.05, 0.1) is 6.04 Å². The zero-order valence-electron chi connectivity index (χ0n) is 17.8. The van der Waals surface area contributed by atoms with Crippen molar-refractivity contribution in [3.8, 4) is 0 Å². The molecule has 0 bridgehead atoms. The Bertz CT molecular complexity index is 1150. The number of carbonyl (C=O) groups is 1. The van der Waals surface area contributed by atoms with E-state index in [-0.39, 0.29) is 17.6 Å². The smallest absolute Gasteiger partial charge is 0.315 e. The van der Waals surface area contributed by atoms with Crippen molar-refractivity contribution < 1.29 is 4.79 Å². The monoisotopic (exact) mass is 416 g/mol. The molecule has 0 spiro atoms. The van der Waals surface area contributed by atoms with E-state index in [1.54, 1.807) is 6.92 Å². The zero-order chi connectivity index (χ0) is 21.8. The number of pyridine rings is 1.